The highest BCUT2D eigenvalue weighted by molar-refractivity contribution is 5.92. The normalized spacial score (nSPS) is 17.6. The van der Waals surface area contributed by atoms with Gasteiger partial charge < -0.3 is 10.8 Å². The molecule has 0 aliphatic heterocycles. The van der Waals surface area contributed by atoms with Crippen LogP contribution in [0.5, 0.6) is 0 Å². The minimum absolute atomic E-state index is 0.106. The molecule has 0 saturated heterocycles. The van der Waals surface area contributed by atoms with E-state index in [-0.39, 0.29) is 11.4 Å². The summed E-state index contributed by atoms with van der Waals surface area (Å²) < 4.78 is 0. The molecular formula is C13H18N2O2. The monoisotopic (exact) mass is 234 g/mol. The molecule has 0 aromatic carbocycles. The zero-order chi connectivity index (χ0) is 12.3. The molecule has 3 N–H and O–H groups in total. The first kappa shape index (κ1) is 11.9. The van der Waals surface area contributed by atoms with Crippen LogP contribution in [-0.4, -0.2) is 16.1 Å². The fourth-order valence-corrected chi connectivity index (χ4v) is 2.50. The van der Waals surface area contributed by atoms with Gasteiger partial charge in [-0.05, 0) is 30.4 Å². The zero-order valence-corrected chi connectivity index (χ0v) is 9.85. The first-order valence-corrected chi connectivity index (χ1v) is 6.17. The molecule has 1 aliphatic carbocycles. The molecule has 17 heavy (non-hydrogen) atoms. The number of nitrogens with zero attached hydrogens (tertiary/aromatic N) is 1. The van der Waals surface area contributed by atoms with E-state index in [1.165, 1.54) is 25.7 Å². The summed E-state index contributed by atoms with van der Waals surface area (Å²) in [6.07, 6.45) is 9.00. The van der Waals surface area contributed by atoms with E-state index in [1.54, 1.807) is 12.3 Å². The van der Waals surface area contributed by atoms with Crippen molar-refractivity contribution in [3.8, 4) is 0 Å². The number of anilines is 1. The van der Waals surface area contributed by atoms with E-state index >= 15 is 0 Å². The van der Waals surface area contributed by atoms with E-state index in [2.05, 4.69) is 4.98 Å². The van der Waals surface area contributed by atoms with Crippen molar-refractivity contribution in [2.24, 2.45) is 0 Å². The third kappa shape index (κ3) is 2.75. The van der Waals surface area contributed by atoms with Gasteiger partial charge >= 0.3 is 5.97 Å². The van der Waals surface area contributed by atoms with Crippen molar-refractivity contribution >= 4 is 11.8 Å². The SMILES string of the molecule is Nc1ncc(C2CCCCCC2)cc1C(=O)O. The van der Waals surface area contributed by atoms with Gasteiger partial charge in [0.15, 0.2) is 0 Å². The van der Waals surface area contributed by atoms with Gasteiger partial charge in [-0.25, -0.2) is 9.78 Å². The molecule has 1 saturated carbocycles. The van der Waals surface area contributed by atoms with Gasteiger partial charge in [0.1, 0.15) is 11.4 Å². The molecule has 0 bridgehead atoms. The molecule has 1 aromatic heterocycles. The van der Waals surface area contributed by atoms with Crippen molar-refractivity contribution in [3.63, 3.8) is 0 Å². The maximum atomic E-state index is 11.0. The molecule has 1 aromatic rings. The van der Waals surface area contributed by atoms with E-state index in [0.717, 1.165) is 18.4 Å². The third-order valence-electron chi connectivity index (χ3n) is 3.50. The highest BCUT2D eigenvalue weighted by Gasteiger charge is 2.17. The second-order valence-corrected chi connectivity index (χ2v) is 4.70. The number of nitrogen functional groups attached to an aromatic ring is 1. The third-order valence-corrected chi connectivity index (χ3v) is 3.50. The number of aromatic nitrogens is 1. The first-order valence-electron chi connectivity index (χ1n) is 6.17. The molecular weight excluding hydrogens is 216 g/mol. The van der Waals surface area contributed by atoms with Crippen LogP contribution in [-0.2, 0) is 0 Å². The first-order chi connectivity index (χ1) is 8.18. The summed E-state index contributed by atoms with van der Waals surface area (Å²) in [5.74, 6) is -0.441. The zero-order valence-electron chi connectivity index (χ0n) is 9.85. The van der Waals surface area contributed by atoms with Gasteiger partial charge in [0.05, 0.1) is 0 Å². The maximum Gasteiger partial charge on any atom is 0.339 e. The van der Waals surface area contributed by atoms with Gasteiger partial charge in [0, 0.05) is 6.20 Å². The lowest BCUT2D eigenvalue weighted by Gasteiger charge is -2.14. The predicted octanol–water partition coefficient (Wildman–Crippen LogP) is 2.80. The quantitative estimate of drug-likeness (QED) is 0.771. The van der Waals surface area contributed by atoms with Gasteiger partial charge in [-0.1, -0.05) is 25.7 Å². The number of pyridine rings is 1. The molecule has 0 amide bonds. The Kier molecular flexibility index (Phi) is 3.61. The average molecular weight is 234 g/mol. The van der Waals surface area contributed by atoms with E-state index in [4.69, 9.17) is 10.8 Å². The van der Waals surface area contributed by atoms with E-state index < -0.39 is 5.97 Å². The summed E-state index contributed by atoms with van der Waals surface area (Å²) >= 11 is 0. The van der Waals surface area contributed by atoms with Crippen molar-refractivity contribution in [1.29, 1.82) is 0 Å². The Morgan fingerprint density at radius 2 is 1.94 bits per heavy atom. The summed E-state index contributed by atoms with van der Waals surface area (Å²) in [5, 5.41) is 9.02. The van der Waals surface area contributed by atoms with E-state index in [1.807, 2.05) is 0 Å². The highest BCUT2D eigenvalue weighted by atomic mass is 16.4. The summed E-state index contributed by atoms with van der Waals surface area (Å²) in [7, 11) is 0. The fourth-order valence-electron chi connectivity index (χ4n) is 2.50. The minimum atomic E-state index is -0.995. The van der Waals surface area contributed by atoms with Crippen molar-refractivity contribution in [2.45, 2.75) is 44.4 Å². The Morgan fingerprint density at radius 3 is 2.53 bits per heavy atom. The summed E-state index contributed by atoms with van der Waals surface area (Å²) in [5.41, 5.74) is 6.72. The summed E-state index contributed by atoms with van der Waals surface area (Å²) in [6.45, 7) is 0. The minimum Gasteiger partial charge on any atom is -0.478 e. The average Bonchev–Trinajstić information content (AvgIpc) is 2.58. The molecule has 2 rings (SSSR count). The second-order valence-electron chi connectivity index (χ2n) is 4.70. The Hall–Kier alpha value is -1.58. The lowest BCUT2D eigenvalue weighted by atomic mass is 9.92. The highest BCUT2D eigenvalue weighted by Crippen LogP contribution is 2.32. The number of carbonyl (C=O) groups is 1. The second kappa shape index (κ2) is 5.17. The molecule has 0 unspecified atom stereocenters. The van der Waals surface area contributed by atoms with Crippen molar-refractivity contribution in [1.82, 2.24) is 4.98 Å². The van der Waals surface area contributed by atoms with Crippen molar-refractivity contribution in [2.75, 3.05) is 5.73 Å². The largest absolute Gasteiger partial charge is 0.478 e. The Balaban J connectivity index is 2.25. The van der Waals surface area contributed by atoms with Crippen LogP contribution < -0.4 is 5.73 Å². The maximum absolute atomic E-state index is 11.0. The molecule has 4 nitrogen and oxygen atoms in total. The number of hydrogen-bond donors (Lipinski definition) is 2. The standard InChI is InChI=1S/C13H18N2O2/c14-12-11(13(16)17)7-10(8-15-12)9-5-3-1-2-4-6-9/h7-9H,1-6H2,(H2,14,15)(H,16,17). The molecule has 1 aliphatic rings. The van der Waals surface area contributed by atoms with Gasteiger partial charge in [0.25, 0.3) is 0 Å². The topological polar surface area (TPSA) is 76.2 Å². The van der Waals surface area contributed by atoms with Crippen LogP contribution in [0.3, 0.4) is 0 Å². The van der Waals surface area contributed by atoms with E-state index in [9.17, 15) is 4.79 Å². The Bertz CT molecular complexity index is 410. The van der Waals surface area contributed by atoms with Crippen LogP contribution in [0.2, 0.25) is 0 Å². The van der Waals surface area contributed by atoms with Crippen LogP contribution in [0.1, 0.15) is 60.4 Å². The van der Waals surface area contributed by atoms with Gasteiger partial charge in [-0.15, -0.1) is 0 Å². The number of carboxylic acid groups (broad SMARTS) is 1. The number of nitrogens with two attached hydrogens (primary N) is 1. The van der Waals surface area contributed by atoms with Crippen LogP contribution in [0.4, 0.5) is 5.82 Å². The van der Waals surface area contributed by atoms with Gasteiger partial charge in [-0.3, -0.25) is 0 Å². The fraction of sp³-hybridized carbons (Fsp3) is 0.538. The Morgan fingerprint density at radius 1 is 1.29 bits per heavy atom. The number of aromatic carboxylic acids is 1. The summed E-state index contributed by atoms with van der Waals surface area (Å²) in [4.78, 5) is 15.0. The Labute approximate surface area is 101 Å². The lowest BCUT2D eigenvalue weighted by molar-refractivity contribution is 0.0697. The number of rotatable bonds is 2. The van der Waals surface area contributed by atoms with Crippen LogP contribution >= 0.6 is 0 Å². The number of hydrogen-bond acceptors (Lipinski definition) is 3. The van der Waals surface area contributed by atoms with Crippen LogP contribution in [0.25, 0.3) is 0 Å². The molecule has 1 fully saturated rings. The van der Waals surface area contributed by atoms with Crippen molar-refractivity contribution < 1.29 is 9.90 Å². The molecule has 0 spiro atoms. The predicted molar refractivity (Wildman–Crippen MR) is 66.1 cm³/mol. The van der Waals surface area contributed by atoms with Crippen LogP contribution in [0.15, 0.2) is 12.3 Å². The molecule has 92 valence electrons. The smallest absolute Gasteiger partial charge is 0.339 e. The van der Waals surface area contributed by atoms with Crippen LogP contribution in [0, 0.1) is 0 Å². The lowest BCUT2D eigenvalue weighted by Crippen LogP contribution is -2.07. The molecule has 1 heterocycles. The van der Waals surface area contributed by atoms with Gasteiger partial charge in [-0.2, -0.15) is 0 Å². The van der Waals surface area contributed by atoms with Gasteiger partial charge in [0.2, 0.25) is 0 Å². The molecule has 0 radical (unpaired) electrons. The van der Waals surface area contributed by atoms with Crippen molar-refractivity contribution in [3.05, 3.63) is 23.4 Å². The molecule has 4 heteroatoms. The molecule has 0 atom stereocenters. The van der Waals surface area contributed by atoms with E-state index in [0.29, 0.717) is 5.92 Å². The summed E-state index contributed by atoms with van der Waals surface area (Å²) in [6, 6.07) is 1.70. The number of carboxylic acids is 1.